The molecule has 0 aliphatic rings. The molecule has 0 bridgehead atoms. The minimum absolute atomic E-state index is 0.0770. The monoisotopic (exact) mass is 413 g/mol. The van der Waals surface area contributed by atoms with Gasteiger partial charge in [0.05, 0.1) is 6.04 Å². The SMILES string of the molecule is CCCC(CCC)C(=O)N[C@H](C(=O)N[C@H](C=O)Cc1c[nH]c2ccccc12)C(C)C. The quantitative estimate of drug-likeness (QED) is 0.463. The fourth-order valence-electron chi connectivity index (χ4n) is 3.85. The molecule has 6 nitrogen and oxygen atoms in total. The van der Waals surface area contributed by atoms with Crippen molar-refractivity contribution in [3.8, 4) is 0 Å². The normalized spacial score (nSPS) is 13.4. The van der Waals surface area contributed by atoms with Gasteiger partial charge in [-0.25, -0.2) is 0 Å². The molecular formula is C24H35N3O3. The summed E-state index contributed by atoms with van der Waals surface area (Å²) < 4.78 is 0. The number of nitrogens with one attached hydrogen (secondary N) is 3. The highest BCUT2D eigenvalue weighted by atomic mass is 16.2. The molecule has 2 rings (SSSR count). The maximum Gasteiger partial charge on any atom is 0.243 e. The number of para-hydroxylation sites is 1. The van der Waals surface area contributed by atoms with Gasteiger partial charge in [0, 0.05) is 29.4 Å². The first-order valence-electron chi connectivity index (χ1n) is 11.0. The van der Waals surface area contributed by atoms with E-state index in [1.807, 2.05) is 44.3 Å². The molecule has 0 unspecified atom stereocenters. The number of carbonyl (C=O) groups is 3. The minimum Gasteiger partial charge on any atom is -0.361 e. The molecule has 1 aromatic carbocycles. The Labute approximate surface area is 179 Å². The molecule has 0 radical (unpaired) electrons. The van der Waals surface area contributed by atoms with Gasteiger partial charge in [-0.15, -0.1) is 0 Å². The van der Waals surface area contributed by atoms with Gasteiger partial charge in [-0.05, 0) is 30.4 Å². The number of benzene rings is 1. The number of fused-ring (bicyclic) bond motifs is 1. The molecule has 0 spiro atoms. The lowest BCUT2D eigenvalue weighted by molar-refractivity contribution is -0.133. The lowest BCUT2D eigenvalue weighted by atomic mass is 9.95. The third-order valence-electron chi connectivity index (χ3n) is 5.50. The fraction of sp³-hybridized carbons (Fsp3) is 0.542. The molecule has 2 amide bonds. The highest BCUT2D eigenvalue weighted by Gasteiger charge is 2.28. The van der Waals surface area contributed by atoms with Crippen LogP contribution in [0.2, 0.25) is 0 Å². The predicted molar refractivity (Wildman–Crippen MR) is 120 cm³/mol. The minimum atomic E-state index is -0.667. The Morgan fingerprint density at radius 2 is 1.70 bits per heavy atom. The zero-order valence-electron chi connectivity index (χ0n) is 18.5. The highest BCUT2D eigenvalue weighted by molar-refractivity contribution is 5.90. The molecule has 164 valence electrons. The standard InChI is InChI=1S/C24H35N3O3/c1-5-9-17(10-6-2)23(29)27-22(16(3)4)24(30)26-19(15-28)13-18-14-25-21-12-8-7-11-20(18)21/h7-8,11-12,14-17,19,22,25H,5-6,9-10,13H2,1-4H3,(H,26,30)(H,27,29)/t19-,22-/m0/s1. The van der Waals surface area contributed by atoms with Gasteiger partial charge in [-0.3, -0.25) is 9.59 Å². The Kier molecular flexibility index (Phi) is 9.09. The summed E-state index contributed by atoms with van der Waals surface area (Å²) in [4.78, 5) is 40.5. The molecule has 0 aliphatic carbocycles. The molecule has 0 saturated carbocycles. The smallest absolute Gasteiger partial charge is 0.243 e. The number of aldehydes is 1. The van der Waals surface area contributed by atoms with E-state index < -0.39 is 12.1 Å². The van der Waals surface area contributed by atoms with Crippen molar-refractivity contribution in [3.05, 3.63) is 36.0 Å². The second kappa shape index (κ2) is 11.5. The average Bonchev–Trinajstić information content (AvgIpc) is 3.13. The Balaban J connectivity index is 2.06. The Bertz CT molecular complexity index is 837. The topological polar surface area (TPSA) is 91.1 Å². The summed E-state index contributed by atoms with van der Waals surface area (Å²) in [5.41, 5.74) is 1.97. The Morgan fingerprint density at radius 1 is 1.03 bits per heavy atom. The van der Waals surface area contributed by atoms with Crippen molar-refractivity contribution in [2.75, 3.05) is 0 Å². The van der Waals surface area contributed by atoms with Gasteiger partial charge in [-0.1, -0.05) is 58.7 Å². The molecule has 3 N–H and O–H groups in total. The van der Waals surface area contributed by atoms with Gasteiger partial charge in [0.1, 0.15) is 12.3 Å². The third-order valence-corrected chi connectivity index (χ3v) is 5.50. The van der Waals surface area contributed by atoms with E-state index in [1.165, 1.54) is 0 Å². The van der Waals surface area contributed by atoms with Gasteiger partial charge in [0.2, 0.25) is 11.8 Å². The largest absolute Gasteiger partial charge is 0.361 e. The fourth-order valence-corrected chi connectivity index (χ4v) is 3.85. The van der Waals surface area contributed by atoms with E-state index in [1.54, 1.807) is 0 Å². The summed E-state index contributed by atoms with van der Waals surface area (Å²) in [6.45, 7) is 7.91. The van der Waals surface area contributed by atoms with Crippen LogP contribution in [0, 0.1) is 11.8 Å². The van der Waals surface area contributed by atoms with Crippen molar-refractivity contribution in [1.82, 2.24) is 15.6 Å². The van der Waals surface area contributed by atoms with Crippen molar-refractivity contribution in [3.63, 3.8) is 0 Å². The number of H-pyrrole nitrogens is 1. The van der Waals surface area contributed by atoms with Crippen LogP contribution in [-0.2, 0) is 20.8 Å². The zero-order valence-corrected chi connectivity index (χ0v) is 18.5. The molecule has 0 saturated heterocycles. The van der Waals surface area contributed by atoms with Crippen molar-refractivity contribution in [2.24, 2.45) is 11.8 Å². The number of hydrogen-bond donors (Lipinski definition) is 3. The van der Waals surface area contributed by atoms with Gasteiger partial charge >= 0.3 is 0 Å². The third kappa shape index (κ3) is 6.18. The molecule has 0 aliphatic heterocycles. The molecule has 2 atom stereocenters. The molecule has 1 aromatic heterocycles. The van der Waals surface area contributed by atoms with Crippen LogP contribution in [0.25, 0.3) is 10.9 Å². The number of carbonyl (C=O) groups excluding carboxylic acids is 3. The number of aromatic amines is 1. The van der Waals surface area contributed by atoms with E-state index in [-0.39, 0.29) is 23.7 Å². The summed E-state index contributed by atoms with van der Waals surface area (Å²) in [6.07, 6.45) is 6.49. The molecule has 6 heteroatoms. The van der Waals surface area contributed by atoms with E-state index in [0.717, 1.165) is 48.4 Å². The maximum atomic E-state index is 12.9. The lowest BCUT2D eigenvalue weighted by Gasteiger charge is -2.26. The predicted octanol–water partition coefficient (Wildman–Crippen LogP) is 3.75. The van der Waals surface area contributed by atoms with Crippen molar-refractivity contribution < 1.29 is 14.4 Å². The number of hydrogen-bond acceptors (Lipinski definition) is 3. The number of aromatic nitrogens is 1. The van der Waals surface area contributed by atoms with Crippen molar-refractivity contribution in [1.29, 1.82) is 0 Å². The molecule has 30 heavy (non-hydrogen) atoms. The van der Waals surface area contributed by atoms with Crippen molar-refractivity contribution >= 4 is 29.0 Å². The van der Waals surface area contributed by atoms with Gasteiger partial charge < -0.3 is 20.4 Å². The number of amides is 2. The average molecular weight is 414 g/mol. The van der Waals surface area contributed by atoms with E-state index in [0.29, 0.717) is 6.42 Å². The molecule has 0 fully saturated rings. The summed E-state index contributed by atoms with van der Waals surface area (Å²) >= 11 is 0. The molecule has 1 heterocycles. The van der Waals surface area contributed by atoms with Crippen LogP contribution >= 0.6 is 0 Å². The van der Waals surface area contributed by atoms with Crippen LogP contribution < -0.4 is 10.6 Å². The first-order valence-corrected chi connectivity index (χ1v) is 11.0. The van der Waals surface area contributed by atoms with Crippen LogP contribution in [0.1, 0.15) is 58.9 Å². The Morgan fingerprint density at radius 3 is 2.30 bits per heavy atom. The second-order valence-corrected chi connectivity index (χ2v) is 8.32. The van der Waals surface area contributed by atoms with Crippen LogP contribution in [0.4, 0.5) is 0 Å². The van der Waals surface area contributed by atoms with Crippen molar-refractivity contribution in [2.45, 2.75) is 71.9 Å². The van der Waals surface area contributed by atoms with E-state index in [2.05, 4.69) is 29.5 Å². The van der Waals surface area contributed by atoms with Crippen LogP contribution in [0.3, 0.4) is 0 Å². The molecular weight excluding hydrogens is 378 g/mol. The Hall–Kier alpha value is -2.63. The highest BCUT2D eigenvalue weighted by Crippen LogP contribution is 2.19. The summed E-state index contributed by atoms with van der Waals surface area (Å²) in [5, 5.41) is 6.79. The first kappa shape index (κ1) is 23.6. The second-order valence-electron chi connectivity index (χ2n) is 8.32. The van der Waals surface area contributed by atoms with E-state index >= 15 is 0 Å². The van der Waals surface area contributed by atoms with Gasteiger partial charge in [0.15, 0.2) is 0 Å². The number of rotatable bonds is 12. The van der Waals surface area contributed by atoms with Gasteiger partial charge in [0.25, 0.3) is 0 Å². The van der Waals surface area contributed by atoms with Crippen LogP contribution in [0.15, 0.2) is 30.5 Å². The summed E-state index contributed by atoms with van der Waals surface area (Å²) in [6, 6.07) is 6.53. The summed E-state index contributed by atoms with van der Waals surface area (Å²) in [5.74, 6) is -0.561. The maximum absolute atomic E-state index is 12.9. The van der Waals surface area contributed by atoms with E-state index in [9.17, 15) is 14.4 Å². The lowest BCUT2D eigenvalue weighted by Crippen LogP contribution is -2.53. The van der Waals surface area contributed by atoms with Crippen LogP contribution in [0.5, 0.6) is 0 Å². The summed E-state index contributed by atoms with van der Waals surface area (Å²) in [7, 11) is 0. The molecule has 2 aromatic rings. The van der Waals surface area contributed by atoms with E-state index in [4.69, 9.17) is 0 Å². The van der Waals surface area contributed by atoms with Gasteiger partial charge in [-0.2, -0.15) is 0 Å². The van der Waals surface area contributed by atoms with Crippen LogP contribution in [-0.4, -0.2) is 35.2 Å². The zero-order chi connectivity index (χ0) is 22.1. The first-order chi connectivity index (χ1) is 14.4.